The van der Waals surface area contributed by atoms with Gasteiger partial charge in [-0.2, -0.15) is 0 Å². The van der Waals surface area contributed by atoms with Gasteiger partial charge in [-0.15, -0.1) is 0 Å². The first kappa shape index (κ1) is 11.8. The lowest BCUT2D eigenvalue weighted by atomic mass is 10.1. The van der Waals surface area contributed by atoms with E-state index in [1.54, 1.807) is 18.2 Å². The van der Waals surface area contributed by atoms with Crippen LogP contribution in [0, 0.1) is 0 Å². The summed E-state index contributed by atoms with van der Waals surface area (Å²) in [5.74, 6) is -2.21. The zero-order valence-corrected chi connectivity index (χ0v) is 10.2. The van der Waals surface area contributed by atoms with Crippen molar-refractivity contribution in [3.05, 3.63) is 33.8 Å². The average Bonchev–Trinajstić information content (AvgIpc) is 2.49. The molecule has 1 heterocycles. The molecule has 88 valence electrons. The molecular weight excluding hydrogens is 290 g/mol. The molecule has 0 radical (unpaired) electrons. The fraction of sp³-hybridized carbons (Fsp3) is 0.182. The van der Waals surface area contributed by atoms with Gasteiger partial charge in [0.1, 0.15) is 0 Å². The van der Waals surface area contributed by atoms with E-state index in [4.69, 9.17) is 0 Å². The van der Waals surface area contributed by atoms with Gasteiger partial charge in [0.25, 0.3) is 11.8 Å². The summed E-state index contributed by atoms with van der Waals surface area (Å²) in [6, 6.07) is 4.75. The summed E-state index contributed by atoms with van der Waals surface area (Å²) >= 11 is 3.21. The van der Waals surface area contributed by atoms with Crippen LogP contribution >= 0.6 is 15.9 Å². The lowest BCUT2D eigenvalue weighted by molar-refractivity contribution is -0.305. The predicted molar refractivity (Wildman–Crippen MR) is 59.1 cm³/mol. The van der Waals surface area contributed by atoms with Crippen molar-refractivity contribution >= 4 is 33.7 Å². The zero-order valence-electron chi connectivity index (χ0n) is 8.60. The normalized spacial score (nSPS) is 14.1. The van der Waals surface area contributed by atoms with Gasteiger partial charge in [-0.3, -0.25) is 14.5 Å². The lowest BCUT2D eigenvalue weighted by Crippen LogP contribution is -2.34. The number of rotatable bonds is 3. The van der Waals surface area contributed by atoms with E-state index in [2.05, 4.69) is 15.9 Å². The first-order chi connectivity index (χ1) is 8.00. The van der Waals surface area contributed by atoms with Crippen LogP contribution in [-0.2, 0) is 4.79 Å². The smallest absolute Gasteiger partial charge is 0.261 e. The highest BCUT2D eigenvalue weighted by Gasteiger charge is 2.34. The molecule has 0 N–H and O–H groups in total. The highest BCUT2D eigenvalue weighted by Crippen LogP contribution is 2.25. The number of aliphatic carboxylic acids is 1. The molecule has 0 bridgehead atoms. The Kier molecular flexibility index (Phi) is 2.97. The number of carboxylic acid groups (broad SMARTS) is 1. The van der Waals surface area contributed by atoms with E-state index in [0.717, 1.165) is 4.90 Å². The maximum Gasteiger partial charge on any atom is 0.261 e. The van der Waals surface area contributed by atoms with E-state index in [1.165, 1.54) is 0 Å². The molecule has 5 nitrogen and oxygen atoms in total. The number of halogens is 1. The molecule has 0 aliphatic carbocycles. The van der Waals surface area contributed by atoms with Crippen LogP contribution < -0.4 is 5.11 Å². The Hall–Kier alpha value is -1.69. The highest BCUT2D eigenvalue weighted by molar-refractivity contribution is 9.10. The first-order valence-electron chi connectivity index (χ1n) is 4.86. The molecule has 0 saturated heterocycles. The summed E-state index contributed by atoms with van der Waals surface area (Å²) < 4.78 is 0.694. The van der Waals surface area contributed by atoms with Crippen LogP contribution in [0.4, 0.5) is 0 Å². The molecule has 17 heavy (non-hydrogen) atoms. The van der Waals surface area contributed by atoms with Gasteiger partial charge in [-0.05, 0) is 18.2 Å². The van der Waals surface area contributed by atoms with Crippen molar-refractivity contribution < 1.29 is 19.5 Å². The third-order valence-electron chi connectivity index (χ3n) is 2.47. The third-order valence-corrected chi connectivity index (χ3v) is 2.97. The van der Waals surface area contributed by atoms with Gasteiger partial charge >= 0.3 is 0 Å². The molecular formula is C11H7BrNO4-. The SMILES string of the molecule is O=C([O-])CCN1C(=O)c2ccc(Br)cc2C1=O. The molecule has 0 aromatic heterocycles. The van der Waals surface area contributed by atoms with Crippen molar-refractivity contribution in [3.8, 4) is 0 Å². The monoisotopic (exact) mass is 296 g/mol. The number of imide groups is 1. The quantitative estimate of drug-likeness (QED) is 0.746. The fourth-order valence-corrected chi connectivity index (χ4v) is 2.03. The molecule has 0 spiro atoms. The van der Waals surface area contributed by atoms with Crippen molar-refractivity contribution in [1.82, 2.24) is 4.90 Å². The maximum absolute atomic E-state index is 11.8. The third kappa shape index (κ3) is 2.08. The summed E-state index contributed by atoms with van der Waals surface area (Å²) in [5.41, 5.74) is 0.597. The Morgan fingerprint density at radius 3 is 2.53 bits per heavy atom. The lowest BCUT2D eigenvalue weighted by Gasteiger charge is -2.13. The summed E-state index contributed by atoms with van der Waals surface area (Å²) in [6.45, 7) is -0.160. The Morgan fingerprint density at radius 2 is 1.88 bits per heavy atom. The number of amides is 2. The summed E-state index contributed by atoms with van der Waals surface area (Å²) in [5, 5.41) is 10.3. The highest BCUT2D eigenvalue weighted by atomic mass is 79.9. The van der Waals surface area contributed by atoms with Gasteiger partial charge in [0.05, 0.1) is 11.1 Å². The van der Waals surface area contributed by atoms with Crippen LogP contribution in [0.25, 0.3) is 0 Å². The minimum atomic E-state index is -1.29. The molecule has 2 amide bonds. The average molecular weight is 297 g/mol. The molecule has 1 aliphatic rings. The van der Waals surface area contributed by atoms with Crippen molar-refractivity contribution in [3.63, 3.8) is 0 Å². The van der Waals surface area contributed by atoms with Gasteiger partial charge in [0, 0.05) is 23.4 Å². The molecule has 0 unspecified atom stereocenters. The molecule has 2 rings (SSSR count). The van der Waals surface area contributed by atoms with Crippen LogP contribution in [0.2, 0.25) is 0 Å². The number of hydrogen-bond acceptors (Lipinski definition) is 4. The molecule has 0 saturated carbocycles. The van der Waals surface area contributed by atoms with Crippen molar-refractivity contribution in [2.45, 2.75) is 6.42 Å². The zero-order chi connectivity index (χ0) is 12.6. The number of carbonyl (C=O) groups excluding carboxylic acids is 3. The van der Waals surface area contributed by atoms with Crippen LogP contribution in [-0.4, -0.2) is 29.2 Å². The molecule has 1 aromatic carbocycles. The van der Waals surface area contributed by atoms with E-state index >= 15 is 0 Å². The van der Waals surface area contributed by atoms with Crippen molar-refractivity contribution in [1.29, 1.82) is 0 Å². The second kappa shape index (κ2) is 4.29. The van der Waals surface area contributed by atoms with Crippen LogP contribution in [0.3, 0.4) is 0 Å². The summed E-state index contributed by atoms with van der Waals surface area (Å²) in [7, 11) is 0. The largest absolute Gasteiger partial charge is 0.550 e. The number of nitrogens with zero attached hydrogens (tertiary/aromatic N) is 1. The first-order valence-corrected chi connectivity index (χ1v) is 5.65. The fourth-order valence-electron chi connectivity index (χ4n) is 1.67. The molecule has 1 aliphatic heterocycles. The summed E-state index contributed by atoms with van der Waals surface area (Å²) in [4.78, 5) is 34.9. The van der Waals surface area contributed by atoms with Crippen LogP contribution in [0.5, 0.6) is 0 Å². The standard InChI is InChI=1S/C11H8BrNO4/c12-6-1-2-7-8(5-6)11(17)13(10(7)16)4-3-9(14)15/h1-2,5H,3-4H2,(H,14,15)/p-1. The second-order valence-corrected chi connectivity index (χ2v) is 4.49. The van der Waals surface area contributed by atoms with Gasteiger partial charge in [-0.25, -0.2) is 0 Å². The predicted octanol–water partition coefficient (Wildman–Crippen LogP) is 0.185. The molecule has 1 aromatic rings. The summed E-state index contributed by atoms with van der Waals surface area (Å²) in [6.07, 6.45) is -0.355. The van der Waals surface area contributed by atoms with E-state index in [1.807, 2.05) is 0 Å². The Labute approximate surface area is 105 Å². The van der Waals surface area contributed by atoms with Crippen LogP contribution in [0.15, 0.2) is 22.7 Å². The van der Waals surface area contributed by atoms with Gasteiger partial charge in [0.2, 0.25) is 0 Å². The van der Waals surface area contributed by atoms with E-state index in [9.17, 15) is 19.5 Å². The maximum atomic E-state index is 11.8. The van der Waals surface area contributed by atoms with E-state index in [-0.39, 0.29) is 13.0 Å². The van der Waals surface area contributed by atoms with Crippen molar-refractivity contribution in [2.75, 3.05) is 6.54 Å². The second-order valence-electron chi connectivity index (χ2n) is 3.57. The number of carboxylic acids is 1. The minimum Gasteiger partial charge on any atom is -0.550 e. The van der Waals surface area contributed by atoms with Gasteiger partial charge in [0.15, 0.2) is 0 Å². The number of benzene rings is 1. The Bertz CT molecular complexity index is 526. The molecule has 0 atom stereocenters. The van der Waals surface area contributed by atoms with Crippen molar-refractivity contribution in [2.24, 2.45) is 0 Å². The van der Waals surface area contributed by atoms with E-state index in [0.29, 0.717) is 15.6 Å². The van der Waals surface area contributed by atoms with E-state index < -0.39 is 17.8 Å². The van der Waals surface area contributed by atoms with Crippen LogP contribution in [0.1, 0.15) is 27.1 Å². The Balaban J connectivity index is 2.29. The minimum absolute atomic E-state index is 0.160. The molecule has 0 fully saturated rings. The van der Waals surface area contributed by atoms with Gasteiger partial charge < -0.3 is 9.90 Å². The number of hydrogen-bond donors (Lipinski definition) is 0. The number of fused-ring (bicyclic) bond motifs is 1. The topological polar surface area (TPSA) is 77.5 Å². The molecule has 6 heteroatoms. The Morgan fingerprint density at radius 1 is 1.24 bits per heavy atom. The van der Waals surface area contributed by atoms with Gasteiger partial charge in [-0.1, -0.05) is 15.9 Å². The number of carbonyl (C=O) groups is 3.